The van der Waals surface area contributed by atoms with Crippen molar-refractivity contribution in [2.45, 2.75) is 94.7 Å². The molecule has 0 aromatic heterocycles. The molecule has 1 N–H and O–H groups in total. The van der Waals surface area contributed by atoms with E-state index in [1.807, 2.05) is 6.92 Å². The van der Waals surface area contributed by atoms with Gasteiger partial charge in [-0.2, -0.15) is 0 Å². The van der Waals surface area contributed by atoms with Crippen LogP contribution in [0.5, 0.6) is 0 Å². The molecule has 3 aliphatic rings. The molecule has 3 rings (SSSR count). The van der Waals surface area contributed by atoms with Crippen molar-refractivity contribution in [2.24, 2.45) is 16.7 Å². The van der Waals surface area contributed by atoms with Crippen molar-refractivity contribution in [2.75, 3.05) is 0 Å². The van der Waals surface area contributed by atoms with Crippen LogP contribution >= 0.6 is 12.2 Å². The number of rotatable bonds is 3. The van der Waals surface area contributed by atoms with E-state index in [1.165, 1.54) is 44.9 Å². The molecule has 2 bridgehead atoms. The van der Waals surface area contributed by atoms with E-state index in [9.17, 15) is 4.79 Å². The van der Waals surface area contributed by atoms with Crippen LogP contribution in [0, 0.1) is 16.7 Å². The van der Waals surface area contributed by atoms with E-state index < -0.39 is 0 Å². The van der Waals surface area contributed by atoms with E-state index in [4.69, 9.17) is 12.2 Å². The van der Waals surface area contributed by atoms with Crippen molar-refractivity contribution in [3.8, 4) is 0 Å². The van der Waals surface area contributed by atoms with Crippen molar-refractivity contribution in [3.63, 3.8) is 0 Å². The monoisotopic (exact) mass is 415 g/mol. The average Bonchev–Trinajstić information content (AvgIpc) is 2.79. The molecular formula is C20H33NOSSe. The zero-order valence-electron chi connectivity index (χ0n) is 15.7. The maximum absolute atomic E-state index is 13.2. The molecule has 3 fully saturated rings. The van der Waals surface area contributed by atoms with Gasteiger partial charge in [0.15, 0.2) is 0 Å². The van der Waals surface area contributed by atoms with E-state index in [0.717, 1.165) is 11.4 Å². The summed E-state index contributed by atoms with van der Waals surface area (Å²) in [5.41, 5.74) is 0.135. The zero-order chi connectivity index (χ0) is 17.5. The summed E-state index contributed by atoms with van der Waals surface area (Å²) < 4.78 is 0. The number of hydrogen-bond donors (Lipinski definition) is 1. The van der Waals surface area contributed by atoms with Crippen LogP contribution in [-0.4, -0.2) is 31.8 Å². The van der Waals surface area contributed by atoms with E-state index in [0.29, 0.717) is 42.3 Å². The van der Waals surface area contributed by atoms with Crippen molar-refractivity contribution in [3.05, 3.63) is 0 Å². The van der Waals surface area contributed by atoms with Gasteiger partial charge in [-0.1, -0.05) is 0 Å². The van der Waals surface area contributed by atoms with Crippen molar-refractivity contribution in [1.82, 2.24) is 5.32 Å². The molecule has 0 spiro atoms. The van der Waals surface area contributed by atoms with Crippen LogP contribution in [0.2, 0.25) is 9.63 Å². The van der Waals surface area contributed by atoms with Gasteiger partial charge in [-0.3, -0.25) is 0 Å². The van der Waals surface area contributed by atoms with Crippen LogP contribution in [0.1, 0.15) is 79.1 Å². The third kappa shape index (κ3) is 3.12. The van der Waals surface area contributed by atoms with Crippen LogP contribution in [0.4, 0.5) is 0 Å². The maximum atomic E-state index is 13.2. The first-order chi connectivity index (χ1) is 11.3. The van der Waals surface area contributed by atoms with Gasteiger partial charge in [0.2, 0.25) is 0 Å². The Morgan fingerprint density at radius 2 is 1.79 bits per heavy atom. The quantitative estimate of drug-likeness (QED) is 0.523. The molecule has 4 heteroatoms. The van der Waals surface area contributed by atoms with Gasteiger partial charge in [0, 0.05) is 0 Å². The molecule has 0 aromatic carbocycles. The molecule has 0 unspecified atom stereocenters. The van der Waals surface area contributed by atoms with E-state index in [-0.39, 0.29) is 10.8 Å². The number of carbonyl (C=O) groups excluding carboxylic acids is 1. The van der Waals surface area contributed by atoms with Gasteiger partial charge in [0.1, 0.15) is 0 Å². The molecule has 136 valence electrons. The van der Waals surface area contributed by atoms with Gasteiger partial charge in [0.05, 0.1) is 0 Å². The molecule has 0 amide bonds. The summed E-state index contributed by atoms with van der Waals surface area (Å²) in [6, 6.07) is 0.505. The van der Waals surface area contributed by atoms with E-state index >= 15 is 0 Å². The summed E-state index contributed by atoms with van der Waals surface area (Å²) in [5.74, 6) is 1.22. The standard InChI is InChI=1S/C20H33NOSSe/c1-13(23)21-15-9-7-5-6-8-10-16(15)24-17-14-11-12-20(4,18(17)22)19(14,2)3/h14-17H,5-12H2,1-4H3,(H,21,23)/t14-,15+,16+,17+,20+/m1/s1. The first-order valence-corrected chi connectivity index (χ1v) is 12.1. The van der Waals surface area contributed by atoms with Crippen LogP contribution in [0.25, 0.3) is 0 Å². The molecule has 0 heterocycles. The molecule has 0 aromatic rings. The number of fused-ring (bicyclic) bond motifs is 2. The Morgan fingerprint density at radius 1 is 1.12 bits per heavy atom. The molecule has 24 heavy (non-hydrogen) atoms. The van der Waals surface area contributed by atoms with Gasteiger partial charge in [-0.25, -0.2) is 0 Å². The third-order valence-corrected chi connectivity index (χ3v) is 11.2. The number of carbonyl (C=O) groups is 1. The third-order valence-electron chi connectivity index (χ3n) is 7.38. The Hall–Kier alpha value is 0.0795. The summed E-state index contributed by atoms with van der Waals surface area (Å²) in [4.78, 5) is 15.2. The fraction of sp³-hybridized carbons (Fsp3) is 0.900. The zero-order valence-corrected chi connectivity index (χ0v) is 18.2. The molecular weight excluding hydrogens is 381 g/mol. The van der Waals surface area contributed by atoms with Crippen LogP contribution < -0.4 is 5.32 Å². The SMILES string of the molecule is CC(=S)N[C@H]1CCCCCC[C@@H]1[Se][C@@H]1C(=O)[C@]2(C)CC[C@H]1C2(C)C. The molecule has 0 saturated heterocycles. The van der Waals surface area contributed by atoms with Crippen molar-refractivity contribution >= 4 is 37.9 Å². The second-order valence-corrected chi connectivity index (χ2v) is 12.5. The normalized spacial score (nSPS) is 41.8. The van der Waals surface area contributed by atoms with Crippen LogP contribution in [0.3, 0.4) is 0 Å². The van der Waals surface area contributed by atoms with Gasteiger partial charge >= 0.3 is 160 Å². The number of hydrogen-bond acceptors (Lipinski definition) is 2. The minimum atomic E-state index is -0.0608. The van der Waals surface area contributed by atoms with Crippen molar-refractivity contribution < 1.29 is 4.79 Å². The first kappa shape index (κ1) is 18.9. The second kappa shape index (κ2) is 7.00. The van der Waals surface area contributed by atoms with Gasteiger partial charge in [-0.15, -0.1) is 0 Å². The molecule has 3 aliphatic carbocycles. The number of Topliss-reactive ketones (excluding diaryl/α,β-unsaturated/α-hetero) is 1. The number of ketones is 1. The first-order valence-electron chi connectivity index (χ1n) is 9.74. The molecule has 2 nitrogen and oxygen atoms in total. The Bertz CT molecular complexity index is 520. The molecule has 0 radical (unpaired) electrons. The predicted octanol–water partition coefficient (Wildman–Crippen LogP) is 4.95. The average molecular weight is 415 g/mol. The topological polar surface area (TPSA) is 29.1 Å². The second-order valence-electron chi connectivity index (χ2n) is 8.96. The Labute approximate surface area is 159 Å². The van der Waals surface area contributed by atoms with Gasteiger partial charge in [0.25, 0.3) is 0 Å². The van der Waals surface area contributed by atoms with Gasteiger partial charge < -0.3 is 0 Å². The summed E-state index contributed by atoms with van der Waals surface area (Å²) in [6.07, 6.45) is 10.2. The summed E-state index contributed by atoms with van der Waals surface area (Å²) >= 11 is 5.75. The van der Waals surface area contributed by atoms with E-state index in [1.54, 1.807) is 0 Å². The summed E-state index contributed by atoms with van der Waals surface area (Å²) in [7, 11) is 0. The minimum absolute atomic E-state index is 0.0608. The Kier molecular flexibility index (Phi) is 5.50. The fourth-order valence-electron chi connectivity index (χ4n) is 5.39. The Balaban J connectivity index is 1.77. The van der Waals surface area contributed by atoms with Crippen molar-refractivity contribution in [1.29, 1.82) is 0 Å². The Morgan fingerprint density at radius 3 is 2.38 bits per heavy atom. The number of thiocarbonyl (C=S) groups is 1. The van der Waals surface area contributed by atoms with Gasteiger partial charge in [-0.05, 0) is 0 Å². The molecule has 3 saturated carbocycles. The summed E-state index contributed by atoms with van der Waals surface area (Å²) in [5, 5.41) is 3.60. The van der Waals surface area contributed by atoms with Crippen LogP contribution in [0.15, 0.2) is 0 Å². The van der Waals surface area contributed by atoms with E-state index in [2.05, 4.69) is 26.1 Å². The molecule has 5 atom stereocenters. The van der Waals surface area contributed by atoms with Crippen LogP contribution in [-0.2, 0) is 4.79 Å². The predicted molar refractivity (Wildman–Crippen MR) is 106 cm³/mol. The summed E-state index contributed by atoms with van der Waals surface area (Å²) in [6.45, 7) is 8.97. The molecule has 0 aliphatic heterocycles. The fourth-order valence-corrected chi connectivity index (χ4v) is 9.99. The number of nitrogens with one attached hydrogen (secondary N) is 1.